The number of hydrogen-bond donors (Lipinski definition) is 2. The third-order valence-corrected chi connectivity index (χ3v) is 4.88. The summed E-state index contributed by atoms with van der Waals surface area (Å²) in [4.78, 5) is 4.22. The fraction of sp³-hybridized carbons (Fsp3) is 0.353. The first-order chi connectivity index (χ1) is 11.5. The van der Waals surface area contributed by atoms with Crippen molar-refractivity contribution in [3.8, 4) is 5.75 Å². The van der Waals surface area contributed by atoms with E-state index in [0.29, 0.717) is 17.9 Å². The van der Waals surface area contributed by atoms with Crippen molar-refractivity contribution in [2.75, 3.05) is 29.4 Å². The minimum atomic E-state index is -3.28. The molecule has 7 heteroatoms. The molecule has 0 amide bonds. The highest BCUT2D eigenvalue weighted by atomic mass is 32.2. The molecule has 130 valence electrons. The van der Waals surface area contributed by atoms with Gasteiger partial charge in [-0.15, -0.1) is 0 Å². The van der Waals surface area contributed by atoms with Gasteiger partial charge in [0.05, 0.1) is 24.7 Å². The number of anilines is 2. The van der Waals surface area contributed by atoms with Gasteiger partial charge in [0.2, 0.25) is 10.0 Å². The maximum atomic E-state index is 11.7. The van der Waals surface area contributed by atoms with Crippen LogP contribution in [-0.2, 0) is 16.4 Å². The minimum absolute atomic E-state index is 0.106. The van der Waals surface area contributed by atoms with E-state index < -0.39 is 10.0 Å². The van der Waals surface area contributed by atoms with Crippen molar-refractivity contribution in [2.24, 2.45) is 0 Å². The number of nitrogens with one attached hydrogen (secondary N) is 2. The van der Waals surface area contributed by atoms with Gasteiger partial charge < -0.3 is 10.1 Å². The topological polar surface area (TPSA) is 80.3 Å². The third kappa shape index (κ3) is 5.73. The lowest BCUT2D eigenvalue weighted by Crippen LogP contribution is -2.16. The van der Waals surface area contributed by atoms with Crippen molar-refractivity contribution in [3.63, 3.8) is 0 Å². The van der Waals surface area contributed by atoms with Crippen molar-refractivity contribution in [1.82, 2.24) is 4.98 Å². The van der Waals surface area contributed by atoms with E-state index in [1.54, 1.807) is 19.2 Å². The van der Waals surface area contributed by atoms with Crippen LogP contribution in [0.5, 0.6) is 5.75 Å². The Labute approximate surface area is 143 Å². The van der Waals surface area contributed by atoms with Crippen molar-refractivity contribution >= 4 is 21.5 Å². The molecule has 0 radical (unpaired) electrons. The maximum absolute atomic E-state index is 11.7. The molecule has 2 N–H and O–H groups in total. The molecule has 0 saturated carbocycles. The van der Waals surface area contributed by atoms with Crippen LogP contribution in [0.25, 0.3) is 0 Å². The number of pyridine rings is 1. The Morgan fingerprint density at radius 1 is 1.12 bits per heavy atom. The molecule has 0 atom stereocenters. The summed E-state index contributed by atoms with van der Waals surface area (Å²) in [6, 6.07) is 11.4. The first kappa shape index (κ1) is 18.1. The lowest BCUT2D eigenvalue weighted by atomic mass is 10.1. The number of rotatable bonds is 9. The number of methoxy groups -OCH3 is 1. The number of hydrogen-bond acceptors (Lipinski definition) is 5. The average Bonchev–Trinajstić information content (AvgIpc) is 2.57. The molecule has 0 unspecified atom stereocenters. The Morgan fingerprint density at radius 3 is 2.46 bits per heavy atom. The summed E-state index contributed by atoms with van der Waals surface area (Å²) in [6.07, 6.45) is 2.95. The largest absolute Gasteiger partial charge is 0.497 e. The molecule has 1 heterocycles. The van der Waals surface area contributed by atoms with E-state index in [0.717, 1.165) is 18.7 Å². The van der Waals surface area contributed by atoms with Crippen LogP contribution in [0.3, 0.4) is 0 Å². The Bertz CT molecular complexity index is 729. The highest BCUT2D eigenvalue weighted by molar-refractivity contribution is 7.92. The van der Waals surface area contributed by atoms with Crippen molar-refractivity contribution in [2.45, 2.75) is 19.8 Å². The quantitative estimate of drug-likeness (QED) is 0.727. The van der Waals surface area contributed by atoms with Crippen LogP contribution in [0, 0.1) is 0 Å². The monoisotopic (exact) mass is 349 g/mol. The SMILES string of the molecule is CCCS(=O)(=O)Nc1ccc(NCCc2ccc(OC)cc2)nc1. The minimum Gasteiger partial charge on any atom is -0.497 e. The van der Waals surface area contributed by atoms with Gasteiger partial charge in [-0.1, -0.05) is 19.1 Å². The Morgan fingerprint density at radius 2 is 1.88 bits per heavy atom. The number of ether oxygens (including phenoxy) is 1. The van der Waals surface area contributed by atoms with Gasteiger partial charge in [-0.2, -0.15) is 0 Å². The molecule has 1 aromatic carbocycles. The maximum Gasteiger partial charge on any atom is 0.232 e. The molecule has 24 heavy (non-hydrogen) atoms. The standard InChI is InChI=1S/C17H23N3O3S/c1-3-12-24(21,22)20-15-6-9-17(19-13-15)18-11-10-14-4-7-16(23-2)8-5-14/h4-9,13,20H,3,10-12H2,1-2H3,(H,18,19). The van der Waals surface area contributed by atoms with E-state index >= 15 is 0 Å². The lowest BCUT2D eigenvalue weighted by Gasteiger charge is -2.09. The van der Waals surface area contributed by atoms with Gasteiger partial charge in [0.15, 0.2) is 0 Å². The summed E-state index contributed by atoms with van der Waals surface area (Å²) in [5, 5.41) is 3.22. The lowest BCUT2D eigenvalue weighted by molar-refractivity contribution is 0.414. The fourth-order valence-electron chi connectivity index (χ4n) is 2.19. The van der Waals surface area contributed by atoms with Crippen LogP contribution in [0.2, 0.25) is 0 Å². The zero-order valence-corrected chi connectivity index (χ0v) is 14.8. The molecule has 0 aliphatic rings. The van der Waals surface area contributed by atoms with Crippen LogP contribution in [0.1, 0.15) is 18.9 Å². The molecular formula is C17H23N3O3S. The van der Waals surface area contributed by atoms with Crippen molar-refractivity contribution < 1.29 is 13.2 Å². The Hall–Kier alpha value is -2.28. The zero-order valence-electron chi connectivity index (χ0n) is 14.0. The summed E-state index contributed by atoms with van der Waals surface area (Å²) in [5.41, 5.74) is 1.68. The third-order valence-electron chi connectivity index (χ3n) is 3.39. The molecule has 0 saturated heterocycles. The van der Waals surface area contributed by atoms with Crippen LogP contribution >= 0.6 is 0 Å². The summed E-state index contributed by atoms with van der Waals surface area (Å²) < 4.78 is 31.0. The molecule has 0 spiro atoms. The van der Waals surface area contributed by atoms with Gasteiger partial charge in [0.25, 0.3) is 0 Å². The first-order valence-corrected chi connectivity index (χ1v) is 9.51. The summed E-state index contributed by atoms with van der Waals surface area (Å²) in [6.45, 7) is 2.56. The van der Waals surface area contributed by atoms with Crippen LogP contribution in [0.15, 0.2) is 42.6 Å². The van der Waals surface area contributed by atoms with Crippen LogP contribution < -0.4 is 14.8 Å². The predicted octanol–water partition coefficient (Wildman–Crippen LogP) is 2.90. The fourth-order valence-corrected chi connectivity index (χ4v) is 3.30. The first-order valence-electron chi connectivity index (χ1n) is 7.86. The zero-order chi connectivity index (χ0) is 17.4. The number of benzene rings is 1. The summed E-state index contributed by atoms with van der Waals surface area (Å²) >= 11 is 0. The van der Waals surface area contributed by atoms with E-state index in [1.807, 2.05) is 31.2 Å². The molecule has 0 fully saturated rings. The molecule has 2 rings (SSSR count). The van der Waals surface area contributed by atoms with Gasteiger partial charge >= 0.3 is 0 Å². The Balaban J connectivity index is 1.83. The van der Waals surface area contributed by atoms with Gasteiger partial charge in [-0.3, -0.25) is 4.72 Å². The average molecular weight is 349 g/mol. The van der Waals surface area contributed by atoms with Crippen LogP contribution in [-0.4, -0.2) is 32.8 Å². The summed E-state index contributed by atoms with van der Waals surface area (Å²) in [5.74, 6) is 1.66. The molecular weight excluding hydrogens is 326 g/mol. The smallest absolute Gasteiger partial charge is 0.232 e. The molecule has 0 aliphatic heterocycles. The number of nitrogens with zero attached hydrogens (tertiary/aromatic N) is 1. The second-order valence-corrected chi connectivity index (χ2v) is 7.22. The van der Waals surface area contributed by atoms with Crippen LogP contribution in [0.4, 0.5) is 11.5 Å². The molecule has 1 aromatic heterocycles. The second-order valence-electron chi connectivity index (χ2n) is 5.38. The predicted molar refractivity (Wildman–Crippen MR) is 97.1 cm³/mol. The molecule has 2 aromatic rings. The molecule has 0 bridgehead atoms. The number of aromatic nitrogens is 1. The van der Waals surface area contributed by atoms with Crippen molar-refractivity contribution in [3.05, 3.63) is 48.2 Å². The van der Waals surface area contributed by atoms with E-state index in [2.05, 4.69) is 15.0 Å². The van der Waals surface area contributed by atoms with E-state index in [-0.39, 0.29) is 5.75 Å². The van der Waals surface area contributed by atoms with E-state index in [9.17, 15) is 8.42 Å². The summed E-state index contributed by atoms with van der Waals surface area (Å²) in [7, 11) is -1.63. The van der Waals surface area contributed by atoms with Gasteiger partial charge in [0.1, 0.15) is 11.6 Å². The van der Waals surface area contributed by atoms with E-state index in [4.69, 9.17) is 4.74 Å². The normalized spacial score (nSPS) is 11.1. The van der Waals surface area contributed by atoms with Gasteiger partial charge in [-0.05, 0) is 42.7 Å². The molecule has 6 nitrogen and oxygen atoms in total. The number of sulfonamides is 1. The van der Waals surface area contributed by atoms with Gasteiger partial charge in [-0.25, -0.2) is 13.4 Å². The van der Waals surface area contributed by atoms with E-state index in [1.165, 1.54) is 11.8 Å². The second kappa shape index (κ2) is 8.54. The highest BCUT2D eigenvalue weighted by Gasteiger charge is 2.08. The Kier molecular flexibility index (Phi) is 6.43. The molecule has 0 aliphatic carbocycles. The highest BCUT2D eigenvalue weighted by Crippen LogP contribution is 2.13. The van der Waals surface area contributed by atoms with Gasteiger partial charge in [0, 0.05) is 6.54 Å². The van der Waals surface area contributed by atoms with Crippen molar-refractivity contribution in [1.29, 1.82) is 0 Å².